The number of carbonyl (C=O) groups excluding carboxylic acids is 1. The highest BCUT2D eigenvalue weighted by Crippen LogP contribution is 2.21. The van der Waals surface area contributed by atoms with Crippen LogP contribution in [0, 0.1) is 0 Å². The van der Waals surface area contributed by atoms with Crippen LogP contribution in [-0.4, -0.2) is 47.1 Å². The van der Waals surface area contributed by atoms with Gasteiger partial charge in [0, 0.05) is 12.8 Å². The van der Waals surface area contributed by atoms with E-state index in [0.29, 0.717) is 12.8 Å². The van der Waals surface area contributed by atoms with E-state index in [2.05, 4.69) is 89.9 Å². The number of hydrogen-bond acceptors (Lipinski definition) is 1. The van der Waals surface area contributed by atoms with E-state index in [4.69, 9.17) is 0 Å². The van der Waals surface area contributed by atoms with E-state index in [1.165, 1.54) is 16.9 Å². The summed E-state index contributed by atoms with van der Waals surface area (Å²) in [6.45, 7) is 9.44. The summed E-state index contributed by atoms with van der Waals surface area (Å²) in [5, 5.41) is 0. The Bertz CT molecular complexity index is 841. The van der Waals surface area contributed by atoms with Crippen molar-refractivity contribution >= 4 is 17.2 Å². The van der Waals surface area contributed by atoms with E-state index in [0.717, 1.165) is 34.0 Å². The monoisotopic (exact) mass is 646 g/mol. The predicted molar refractivity (Wildman–Crippen MR) is 127 cm³/mol. The van der Waals surface area contributed by atoms with Crippen molar-refractivity contribution in [2.75, 3.05) is 41.3 Å². The molecule has 0 radical (unpaired) electrons. The topological polar surface area (TPSA) is 17.1 Å². The number of hydrogen-bond donors (Lipinski definition) is 0. The van der Waals surface area contributed by atoms with Crippen molar-refractivity contribution in [3.05, 3.63) is 85.0 Å². The Hall–Kier alpha value is -1.03. The molecule has 0 N–H and O–H groups in total. The summed E-state index contributed by atoms with van der Waals surface area (Å²) < 4.78 is 1.54. The lowest BCUT2D eigenvalue weighted by molar-refractivity contribution is -0.118. The first-order valence-electron chi connectivity index (χ1n) is 10.3. The highest BCUT2D eigenvalue weighted by molar-refractivity contribution is 5.81. The molecule has 0 aliphatic carbocycles. The van der Waals surface area contributed by atoms with Gasteiger partial charge in [-0.1, -0.05) is 37.4 Å². The molecule has 0 heterocycles. The SMILES string of the molecule is C=CC[N+](C)(C)c1ccc(CCC(=O)Cc2ccc([N+](C)(C)CC=C)cc2)cc1.[I-].[I-]. The van der Waals surface area contributed by atoms with E-state index >= 15 is 0 Å². The van der Waals surface area contributed by atoms with Gasteiger partial charge in [-0.25, -0.2) is 0 Å². The van der Waals surface area contributed by atoms with Crippen LogP contribution >= 0.6 is 0 Å². The number of ketones is 1. The minimum absolute atomic E-state index is 0. The summed E-state index contributed by atoms with van der Waals surface area (Å²) in [5.41, 5.74) is 4.76. The normalized spacial score (nSPS) is 11.1. The molecule has 0 unspecified atom stereocenters. The van der Waals surface area contributed by atoms with Crippen molar-refractivity contribution in [2.24, 2.45) is 0 Å². The molecule has 0 saturated carbocycles. The number of benzene rings is 2. The molecule has 3 nitrogen and oxygen atoms in total. The molecule has 0 saturated heterocycles. The second kappa shape index (κ2) is 13.5. The van der Waals surface area contributed by atoms with E-state index < -0.39 is 0 Å². The minimum Gasteiger partial charge on any atom is -1.00 e. The number of rotatable bonds is 11. The van der Waals surface area contributed by atoms with E-state index in [9.17, 15) is 4.79 Å². The average molecular weight is 646 g/mol. The Morgan fingerprint density at radius 2 is 1.13 bits per heavy atom. The quantitative estimate of drug-likeness (QED) is 0.173. The zero-order valence-electron chi connectivity index (χ0n) is 19.3. The van der Waals surface area contributed by atoms with Gasteiger partial charge in [0.2, 0.25) is 0 Å². The fourth-order valence-corrected chi connectivity index (χ4v) is 3.54. The fraction of sp³-hybridized carbons (Fsp3) is 0.346. The van der Waals surface area contributed by atoms with Gasteiger partial charge < -0.3 is 48.0 Å². The van der Waals surface area contributed by atoms with Gasteiger partial charge in [-0.2, -0.15) is 0 Å². The van der Waals surface area contributed by atoms with Crippen LogP contribution < -0.4 is 56.9 Å². The smallest absolute Gasteiger partial charge is 0.137 e. The second-order valence-corrected chi connectivity index (χ2v) is 8.86. The van der Waals surface area contributed by atoms with Gasteiger partial charge in [0.25, 0.3) is 0 Å². The molecule has 5 heteroatoms. The van der Waals surface area contributed by atoms with Crippen LogP contribution in [0.5, 0.6) is 0 Å². The maximum absolute atomic E-state index is 12.5. The number of carbonyl (C=O) groups is 1. The molecule has 31 heavy (non-hydrogen) atoms. The lowest BCUT2D eigenvalue weighted by Crippen LogP contribution is -3.00. The Kier molecular flexibility index (Phi) is 13.1. The molecule has 0 bridgehead atoms. The van der Waals surface area contributed by atoms with Crippen LogP contribution in [0.3, 0.4) is 0 Å². The van der Waals surface area contributed by atoms with Crippen molar-refractivity contribution < 1.29 is 52.7 Å². The maximum Gasteiger partial charge on any atom is 0.137 e. The molecule has 0 fully saturated rings. The Morgan fingerprint density at radius 3 is 1.52 bits per heavy atom. The van der Waals surface area contributed by atoms with Crippen molar-refractivity contribution in [3.63, 3.8) is 0 Å². The molecule has 2 aromatic rings. The van der Waals surface area contributed by atoms with Crippen LogP contribution in [0.1, 0.15) is 17.5 Å². The van der Waals surface area contributed by atoms with Crippen LogP contribution in [0.4, 0.5) is 11.4 Å². The molecule has 0 amide bonds. The van der Waals surface area contributed by atoms with Gasteiger partial charge in [-0.15, -0.1) is 0 Å². The molecule has 0 aliphatic heterocycles. The van der Waals surface area contributed by atoms with Gasteiger partial charge in [0.05, 0.1) is 28.2 Å². The largest absolute Gasteiger partial charge is 1.00 e. The van der Waals surface area contributed by atoms with Gasteiger partial charge in [0.15, 0.2) is 0 Å². The molecule has 0 aliphatic rings. The van der Waals surface area contributed by atoms with E-state index in [1.807, 2.05) is 12.2 Å². The van der Waals surface area contributed by atoms with Crippen molar-refractivity contribution in [1.29, 1.82) is 0 Å². The average Bonchev–Trinajstić information content (AvgIpc) is 2.67. The molecule has 170 valence electrons. The zero-order chi connectivity index (χ0) is 21.5. The first-order valence-corrected chi connectivity index (χ1v) is 10.3. The minimum atomic E-state index is 0. The van der Waals surface area contributed by atoms with Gasteiger partial charge in [-0.3, -0.25) is 13.8 Å². The highest BCUT2D eigenvalue weighted by atomic mass is 127. The third-order valence-corrected chi connectivity index (χ3v) is 5.54. The molecule has 2 aromatic carbocycles. The first-order chi connectivity index (χ1) is 13.7. The Balaban J connectivity index is 0.00000450. The van der Waals surface area contributed by atoms with Crippen molar-refractivity contribution in [2.45, 2.75) is 19.3 Å². The highest BCUT2D eigenvalue weighted by Gasteiger charge is 2.18. The van der Waals surface area contributed by atoms with Crippen LogP contribution in [0.15, 0.2) is 73.8 Å². The van der Waals surface area contributed by atoms with Crippen molar-refractivity contribution in [1.82, 2.24) is 8.97 Å². The number of quaternary nitrogens is 2. The standard InChI is InChI=1S/C26H36N2O.2HI/c1-7-19-27(3,4)24-14-9-22(10-15-24)13-18-26(29)21-23-11-16-25(17-12-23)28(5,6)20-8-2;;/h7-12,14-17H,1-2,13,18-21H2,3-6H3;2*1H/q+2;;/p-2. The second-order valence-electron chi connectivity index (χ2n) is 8.86. The predicted octanol–water partition coefficient (Wildman–Crippen LogP) is -1.06. The molecule has 0 aromatic heterocycles. The number of halogens is 2. The number of Topliss-reactive ketones (excluding diaryl/α,β-unsaturated/α-hetero) is 1. The molecule has 0 atom stereocenters. The number of likely N-dealkylation sites (N-methyl/N-ethyl adjacent to an activating group) is 2. The molecular formula is C26H36I2N2O. The summed E-state index contributed by atoms with van der Waals surface area (Å²) in [6, 6.07) is 17.0. The summed E-state index contributed by atoms with van der Waals surface area (Å²) >= 11 is 0. The summed E-state index contributed by atoms with van der Waals surface area (Å²) in [5.74, 6) is 0.282. The molecule has 2 rings (SSSR count). The molecular weight excluding hydrogens is 610 g/mol. The van der Waals surface area contributed by atoms with E-state index in [-0.39, 0.29) is 53.7 Å². The first kappa shape index (κ1) is 30.0. The lowest BCUT2D eigenvalue weighted by Gasteiger charge is -2.28. The fourth-order valence-electron chi connectivity index (χ4n) is 3.54. The van der Waals surface area contributed by atoms with E-state index in [1.54, 1.807) is 0 Å². The van der Waals surface area contributed by atoms with Gasteiger partial charge in [0.1, 0.15) is 30.2 Å². The van der Waals surface area contributed by atoms with Crippen molar-refractivity contribution in [3.8, 4) is 0 Å². The van der Waals surface area contributed by atoms with Gasteiger partial charge >= 0.3 is 0 Å². The molecule has 0 spiro atoms. The Morgan fingerprint density at radius 1 is 0.742 bits per heavy atom. The summed E-state index contributed by atoms with van der Waals surface area (Å²) in [4.78, 5) is 12.5. The third kappa shape index (κ3) is 9.16. The van der Waals surface area contributed by atoms with Gasteiger partial charge in [-0.05, 0) is 54.0 Å². The number of aryl methyl sites for hydroxylation is 1. The third-order valence-electron chi connectivity index (χ3n) is 5.54. The summed E-state index contributed by atoms with van der Waals surface area (Å²) in [6.07, 6.45) is 5.73. The van der Waals surface area contributed by atoms with Crippen LogP contribution in [0.2, 0.25) is 0 Å². The number of nitrogens with zero attached hydrogens (tertiary/aromatic N) is 2. The Labute approximate surface area is 223 Å². The lowest BCUT2D eigenvalue weighted by atomic mass is 10.0. The van der Waals surface area contributed by atoms with Crippen LogP contribution in [-0.2, 0) is 17.6 Å². The summed E-state index contributed by atoms with van der Waals surface area (Å²) in [7, 11) is 8.65. The zero-order valence-corrected chi connectivity index (χ0v) is 23.6. The van der Waals surface area contributed by atoms with Crippen LogP contribution in [0.25, 0.3) is 0 Å². The maximum atomic E-state index is 12.5.